The van der Waals surface area contributed by atoms with Crippen LogP contribution in [0.4, 0.5) is 0 Å². The average Bonchev–Trinajstić information content (AvgIpc) is 3.06. The largest absolute Gasteiger partial charge is 0.457 e. The van der Waals surface area contributed by atoms with Crippen LogP contribution in [0.3, 0.4) is 0 Å². The number of hydrogen-bond donors (Lipinski definition) is 1. The highest BCUT2D eigenvalue weighted by molar-refractivity contribution is 5.78. The zero-order valence-electron chi connectivity index (χ0n) is 12.1. The molecule has 108 valence electrons. The quantitative estimate of drug-likeness (QED) is 0.506. The minimum atomic E-state index is 0.869. The molecular formula is C20H17NO. The number of nitrogens with one attached hydrogen (secondary N) is 1. The molecule has 4 rings (SSSR count). The summed E-state index contributed by atoms with van der Waals surface area (Å²) < 4.78 is 5.58. The Morgan fingerprint density at radius 3 is 1.68 bits per heavy atom. The number of H-pyrrole nitrogens is 1. The number of aromatic amines is 1. The van der Waals surface area contributed by atoms with Crippen molar-refractivity contribution in [1.82, 2.24) is 4.98 Å². The highest BCUT2D eigenvalue weighted by atomic mass is 16.5. The second-order valence-electron chi connectivity index (χ2n) is 4.79. The van der Waals surface area contributed by atoms with Crippen LogP contribution in [0.25, 0.3) is 10.9 Å². The molecule has 0 unspecified atom stereocenters. The standard InChI is InChI=1S/C12H10O.C8H7N/c1-3-7-11(8-4-1)13-12-9-5-2-6-10-12;1-2-4-8-7(3-1)5-6-9-8/h1-10H;1-6,9H. The number of aromatic nitrogens is 1. The Balaban J connectivity index is 0.000000139. The van der Waals surface area contributed by atoms with Gasteiger partial charge in [0.15, 0.2) is 0 Å². The summed E-state index contributed by atoms with van der Waals surface area (Å²) in [6, 6.07) is 29.8. The lowest BCUT2D eigenvalue weighted by molar-refractivity contribution is 0.482. The van der Waals surface area contributed by atoms with Crippen LogP contribution in [0.5, 0.6) is 11.5 Å². The first-order chi connectivity index (χ1) is 10.9. The summed E-state index contributed by atoms with van der Waals surface area (Å²) in [6.45, 7) is 0. The van der Waals surface area contributed by atoms with Crippen LogP contribution in [0.15, 0.2) is 97.2 Å². The number of benzene rings is 3. The van der Waals surface area contributed by atoms with E-state index < -0.39 is 0 Å². The van der Waals surface area contributed by atoms with Crippen molar-refractivity contribution in [2.24, 2.45) is 0 Å². The summed E-state index contributed by atoms with van der Waals surface area (Å²) in [5.74, 6) is 1.74. The van der Waals surface area contributed by atoms with Crippen LogP contribution < -0.4 is 4.74 Å². The Labute approximate surface area is 130 Å². The van der Waals surface area contributed by atoms with E-state index in [9.17, 15) is 0 Å². The maximum atomic E-state index is 5.58. The maximum Gasteiger partial charge on any atom is 0.127 e. The first-order valence-electron chi connectivity index (χ1n) is 7.22. The number of fused-ring (bicyclic) bond motifs is 1. The third-order valence-electron chi connectivity index (χ3n) is 3.18. The number of rotatable bonds is 2. The van der Waals surface area contributed by atoms with Crippen LogP contribution in [0.1, 0.15) is 0 Å². The van der Waals surface area contributed by atoms with Gasteiger partial charge in [-0.05, 0) is 41.8 Å². The van der Waals surface area contributed by atoms with Gasteiger partial charge < -0.3 is 9.72 Å². The van der Waals surface area contributed by atoms with Gasteiger partial charge in [0.05, 0.1) is 0 Å². The van der Waals surface area contributed by atoms with Gasteiger partial charge in [0.2, 0.25) is 0 Å². The Morgan fingerprint density at radius 1 is 0.545 bits per heavy atom. The highest BCUT2D eigenvalue weighted by Gasteiger charge is 1.92. The molecule has 4 aromatic rings. The first kappa shape index (κ1) is 14.0. The van der Waals surface area contributed by atoms with Crippen molar-refractivity contribution in [3.8, 4) is 11.5 Å². The Kier molecular flexibility index (Phi) is 4.53. The second-order valence-corrected chi connectivity index (χ2v) is 4.79. The minimum Gasteiger partial charge on any atom is -0.457 e. The SMILES string of the molecule is c1ccc(Oc2ccccc2)cc1.c1ccc2[nH]ccc2c1. The molecule has 0 aliphatic rings. The summed E-state index contributed by atoms with van der Waals surface area (Å²) in [7, 11) is 0. The monoisotopic (exact) mass is 287 g/mol. The normalized spacial score (nSPS) is 9.82. The van der Waals surface area contributed by atoms with Gasteiger partial charge in [0.25, 0.3) is 0 Å². The predicted octanol–water partition coefficient (Wildman–Crippen LogP) is 5.65. The van der Waals surface area contributed by atoms with E-state index in [1.54, 1.807) is 0 Å². The fourth-order valence-electron chi connectivity index (χ4n) is 2.11. The van der Waals surface area contributed by atoms with Gasteiger partial charge in [-0.25, -0.2) is 0 Å². The zero-order chi connectivity index (χ0) is 15.0. The molecular weight excluding hydrogens is 270 g/mol. The fourth-order valence-corrected chi connectivity index (χ4v) is 2.11. The second kappa shape index (κ2) is 7.14. The van der Waals surface area contributed by atoms with Gasteiger partial charge in [-0.2, -0.15) is 0 Å². The molecule has 1 heterocycles. The zero-order valence-corrected chi connectivity index (χ0v) is 12.1. The molecule has 0 saturated carbocycles. The fraction of sp³-hybridized carbons (Fsp3) is 0. The number of hydrogen-bond acceptors (Lipinski definition) is 1. The molecule has 0 fully saturated rings. The van der Waals surface area contributed by atoms with Crippen molar-refractivity contribution < 1.29 is 4.74 Å². The molecule has 1 aromatic heterocycles. The van der Waals surface area contributed by atoms with E-state index in [1.807, 2.05) is 79.0 Å². The third kappa shape index (κ3) is 3.76. The lowest BCUT2D eigenvalue weighted by atomic mass is 10.3. The highest BCUT2D eigenvalue weighted by Crippen LogP contribution is 2.19. The molecule has 0 atom stereocenters. The lowest BCUT2D eigenvalue weighted by Crippen LogP contribution is -1.81. The summed E-state index contributed by atoms with van der Waals surface area (Å²) >= 11 is 0. The molecule has 0 amide bonds. The van der Waals surface area contributed by atoms with Crippen LogP contribution in [-0.4, -0.2) is 4.98 Å². The first-order valence-corrected chi connectivity index (χ1v) is 7.22. The molecule has 3 aromatic carbocycles. The maximum absolute atomic E-state index is 5.58. The molecule has 0 spiro atoms. The van der Waals surface area contributed by atoms with Gasteiger partial charge >= 0.3 is 0 Å². The van der Waals surface area contributed by atoms with Crippen LogP contribution >= 0.6 is 0 Å². The summed E-state index contributed by atoms with van der Waals surface area (Å²) in [6.07, 6.45) is 1.95. The van der Waals surface area contributed by atoms with E-state index in [1.165, 1.54) is 10.9 Å². The smallest absolute Gasteiger partial charge is 0.127 e. The van der Waals surface area contributed by atoms with Crippen molar-refractivity contribution >= 4 is 10.9 Å². The molecule has 22 heavy (non-hydrogen) atoms. The Morgan fingerprint density at radius 2 is 1.09 bits per heavy atom. The average molecular weight is 287 g/mol. The molecule has 0 aliphatic carbocycles. The van der Waals surface area contributed by atoms with E-state index in [2.05, 4.69) is 23.2 Å². The van der Waals surface area contributed by atoms with Crippen LogP contribution in [0, 0.1) is 0 Å². The third-order valence-corrected chi connectivity index (χ3v) is 3.18. The predicted molar refractivity (Wildman–Crippen MR) is 91.3 cm³/mol. The van der Waals surface area contributed by atoms with Gasteiger partial charge in [0, 0.05) is 11.7 Å². The number of ether oxygens (including phenoxy) is 1. The molecule has 2 heteroatoms. The van der Waals surface area contributed by atoms with Gasteiger partial charge in [-0.1, -0.05) is 54.6 Å². The molecule has 0 saturated heterocycles. The molecule has 0 bridgehead atoms. The van der Waals surface area contributed by atoms with Crippen molar-refractivity contribution in [1.29, 1.82) is 0 Å². The lowest BCUT2D eigenvalue weighted by Gasteiger charge is -2.03. The van der Waals surface area contributed by atoms with Gasteiger partial charge in [-0.3, -0.25) is 0 Å². The van der Waals surface area contributed by atoms with Gasteiger partial charge in [0.1, 0.15) is 11.5 Å². The van der Waals surface area contributed by atoms with Crippen molar-refractivity contribution in [3.63, 3.8) is 0 Å². The van der Waals surface area contributed by atoms with Crippen molar-refractivity contribution in [2.45, 2.75) is 0 Å². The summed E-state index contributed by atoms with van der Waals surface area (Å²) in [5.41, 5.74) is 1.21. The molecule has 1 N–H and O–H groups in total. The van der Waals surface area contributed by atoms with E-state index in [-0.39, 0.29) is 0 Å². The van der Waals surface area contributed by atoms with Crippen molar-refractivity contribution in [2.75, 3.05) is 0 Å². The minimum absolute atomic E-state index is 0.869. The van der Waals surface area contributed by atoms with E-state index >= 15 is 0 Å². The van der Waals surface area contributed by atoms with E-state index in [0.717, 1.165) is 11.5 Å². The van der Waals surface area contributed by atoms with E-state index in [4.69, 9.17) is 4.74 Å². The van der Waals surface area contributed by atoms with Crippen LogP contribution in [-0.2, 0) is 0 Å². The Bertz CT molecular complexity index is 739. The topological polar surface area (TPSA) is 25.0 Å². The Hall–Kier alpha value is -3.00. The van der Waals surface area contributed by atoms with Gasteiger partial charge in [-0.15, -0.1) is 0 Å². The summed E-state index contributed by atoms with van der Waals surface area (Å²) in [5, 5.41) is 1.28. The van der Waals surface area contributed by atoms with Crippen LogP contribution in [0.2, 0.25) is 0 Å². The summed E-state index contributed by atoms with van der Waals surface area (Å²) in [4.78, 5) is 3.12. The molecule has 2 nitrogen and oxygen atoms in total. The molecule has 0 radical (unpaired) electrons. The molecule has 0 aliphatic heterocycles. The van der Waals surface area contributed by atoms with E-state index in [0.29, 0.717) is 0 Å². The van der Waals surface area contributed by atoms with Crippen molar-refractivity contribution in [3.05, 3.63) is 97.2 Å². The number of para-hydroxylation sites is 3.